The third kappa shape index (κ3) is 4.20. The van der Waals surface area contributed by atoms with E-state index in [0.29, 0.717) is 6.42 Å². The Morgan fingerprint density at radius 2 is 1.83 bits per heavy atom. The molecule has 12 heteroatoms. The van der Waals surface area contributed by atoms with E-state index in [-0.39, 0.29) is 23.7 Å². The first-order valence-corrected chi connectivity index (χ1v) is 8.87. The van der Waals surface area contributed by atoms with E-state index in [0.717, 1.165) is 0 Å². The molecule has 4 unspecified atom stereocenters. The molecular weight excluding hydrogens is 386 g/mol. The summed E-state index contributed by atoms with van der Waals surface area (Å²) in [5.74, 6) is -2.20. The summed E-state index contributed by atoms with van der Waals surface area (Å²) in [6, 6.07) is -0.581. The Hall–Kier alpha value is -3.44. The predicted molar refractivity (Wildman–Crippen MR) is 97.4 cm³/mol. The number of carbonyl (C=O) groups is 3. The molecule has 1 aliphatic carbocycles. The van der Waals surface area contributed by atoms with Gasteiger partial charge in [-0.3, -0.25) is 24.2 Å². The first-order valence-electron chi connectivity index (χ1n) is 8.87. The van der Waals surface area contributed by atoms with Gasteiger partial charge in [0.15, 0.2) is 17.3 Å². The number of ether oxygens (including phenoxy) is 3. The maximum atomic E-state index is 12.1. The van der Waals surface area contributed by atoms with Crippen molar-refractivity contribution in [2.75, 3.05) is 12.3 Å². The van der Waals surface area contributed by atoms with Crippen LogP contribution in [0, 0.1) is 5.92 Å². The number of esters is 3. The van der Waals surface area contributed by atoms with Gasteiger partial charge in [0.25, 0.3) is 5.56 Å². The molecular formula is C17H21N5O7. The lowest BCUT2D eigenvalue weighted by Crippen LogP contribution is -2.38. The van der Waals surface area contributed by atoms with Gasteiger partial charge in [0, 0.05) is 26.7 Å². The van der Waals surface area contributed by atoms with Crippen LogP contribution >= 0.6 is 0 Å². The zero-order valence-electron chi connectivity index (χ0n) is 16.1. The van der Waals surface area contributed by atoms with Crippen LogP contribution in [0.5, 0.6) is 0 Å². The fraction of sp³-hybridized carbons (Fsp3) is 0.529. The van der Waals surface area contributed by atoms with Gasteiger partial charge in [0.05, 0.1) is 19.0 Å². The highest BCUT2D eigenvalue weighted by atomic mass is 16.6. The molecule has 2 heterocycles. The van der Waals surface area contributed by atoms with E-state index in [1.165, 1.54) is 27.1 Å². The number of hydrogen-bond acceptors (Lipinski definition) is 10. The molecule has 3 rings (SSSR count). The van der Waals surface area contributed by atoms with E-state index >= 15 is 0 Å². The lowest BCUT2D eigenvalue weighted by molar-refractivity contribution is -0.168. The third-order valence-corrected chi connectivity index (χ3v) is 4.62. The highest BCUT2D eigenvalue weighted by Gasteiger charge is 2.49. The van der Waals surface area contributed by atoms with Crippen molar-refractivity contribution in [3.63, 3.8) is 0 Å². The molecule has 1 fully saturated rings. The molecule has 0 saturated heterocycles. The number of fused-ring (bicyclic) bond motifs is 1. The second kappa shape index (κ2) is 7.89. The average Bonchev–Trinajstić information content (AvgIpc) is 3.15. The Kier molecular flexibility index (Phi) is 5.52. The minimum absolute atomic E-state index is 0.0374. The van der Waals surface area contributed by atoms with Gasteiger partial charge in [-0.25, -0.2) is 4.98 Å². The van der Waals surface area contributed by atoms with Gasteiger partial charge in [0.2, 0.25) is 5.95 Å². The summed E-state index contributed by atoms with van der Waals surface area (Å²) in [5.41, 5.74) is 5.40. The number of rotatable bonds is 5. The van der Waals surface area contributed by atoms with Crippen LogP contribution in [-0.2, 0) is 28.6 Å². The summed E-state index contributed by atoms with van der Waals surface area (Å²) < 4.78 is 17.5. The van der Waals surface area contributed by atoms with Gasteiger partial charge in [-0.2, -0.15) is 4.98 Å². The van der Waals surface area contributed by atoms with E-state index in [1.54, 1.807) is 4.57 Å². The lowest BCUT2D eigenvalue weighted by atomic mass is 10.1. The Balaban J connectivity index is 2.05. The second-order valence-electron chi connectivity index (χ2n) is 6.79. The van der Waals surface area contributed by atoms with Gasteiger partial charge >= 0.3 is 17.9 Å². The van der Waals surface area contributed by atoms with Crippen molar-refractivity contribution in [1.82, 2.24) is 19.5 Å². The Morgan fingerprint density at radius 3 is 2.45 bits per heavy atom. The quantitative estimate of drug-likeness (QED) is 0.495. The molecule has 0 amide bonds. The summed E-state index contributed by atoms with van der Waals surface area (Å²) in [4.78, 5) is 57.3. The van der Waals surface area contributed by atoms with Crippen LogP contribution in [0.4, 0.5) is 5.95 Å². The molecule has 29 heavy (non-hydrogen) atoms. The normalized spacial score (nSPS) is 23.7. The van der Waals surface area contributed by atoms with E-state index in [1.807, 2.05) is 0 Å². The van der Waals surface area contributed by atoms with E-state index in [9.17, 15) is 19.2 Å². The SMILES string of the molecule is CC(=O)OCC1CC(n2cnc3c(=O)[nH]c(N)nc32)C(OC(C)=O)C1OC(C)=O. The number of carbonyl (C=O) groups excluding carboxylic acids is 3. The number of hydrogen-bond donors (Lipinski definition) is 2. The Labute approximate surface area is 164 Å². The zero-order valence-corrected chi connectivity index (χ0v) is 16.1. The fourth-order valence-electron chi connectivity index (χ4n) is 3.60. The minimum atomic E-state index is -0.906. The van der Waals surface area contributed by atoms with Gasteiger partial charge < -0.3 is 24.5 Å². The van der Waals surface area contributed by atoms with Crippen LogP contribution in [0.2, 0.25) is 0 Å². The van der Waals surface area contributed by atoms with E-state index in [4.69, 9.17) is 19.9 Å². The molecule has 4 atom stereocenters. The standard InChI is InChI=1S/C17H21N5O7/c1-7(23)27-5-10-4-11(14(29-9(3)25)13(10)28-8(2)24)22-6-19-12-15(22)20-17(18)21-16(12)26/h6,10-11,13-14H,4-5H2,1-3H3,(H3,18,20,21,26). The van der Waals surface area contributed by atoms with E-state index in [2.05, 4.69) is 15.0 Å². The van der Waals surface area contributed by atoms with Crippen molar-refractivity contribution in [2.24, 2.45) is 5.92 Å². The third-order valence-electron chi connectivity index (χ3n) is 4.62. The van der Waals surface area contributed by atoms with Crippen molar-refractivity contribution < 1.29 is 28.6 Å². The molecule has 0 radical (unpaired) electrons. The first-order chi connectivity index (χ1) is 13.7. The molecule has 156 valence electrons. The molecule has 1 saturated carbocycles. The summed E-state index contributed by atoms with van der Waals surface area (Å²) in [7, 11) is 0. The van der Waals surface area contributed by atoms with Crippen molar-refractivity contribution in [3.8, 4) is 0 Å². The van der Waals surface area contributed by atoms with Crippen LogP contribution in [0.25, 0.3) is 11.2 Å². The zero-order chi connectivity index (χ0) is 21.3. The number of nitrogen functional groups attached to an aromatic ring is 1. The average molecular weight is 407 g/mol. The van der Waals surface area contributed by atoms with Crippen LogP contribution in [0.3, 0.4) is 0 Å². The van der Waals surface area contributed by atoms with Gasteiger partial charge in [-0.1, -0.05) is 0 Å². The first kappa shape index (κ1) is 20.3. The Bertz CT molecular complexity index is 1010. The van der Waals surface area contributed by atoms with Crippen molar-refractivity contribution in [1.29, 1.82) is 0 Å². The van der Waals surface area contributed by atoms with Crippen LogP contribution < -0.4 is 11.3 Å². The lowest BCUT2D eigenvalue weighted by Gasteiger charge is -2.26. The fourth-order valence-corrected chi connectivity index (χ4v) is 3.60. The minimum Gasteiger partial charge on any atom is -0.465 e. The monoisotopic (exact) mass is 407 g/mol. The van der Waals surface area contributed by atoms with Crippen molar-refractivity contribution in [2.45, 2.75) is 45.4 Å². The van der Waals surface area contributed by atoms with Crippen molar-refractivity contribution >= 4 is 35.0 Å². The Morgan fingerprint density at radius 1 is 1.17 bits per heavy atom. The summed E-state index contributed by atoms with van der Waals surface area (Å²) in [5, 5.41) is 0. The second-order valence-corrected chi connectivity index (χ2v) is 6.79. The maximum absolute atomic E-state index is 12.1. The molecule has 0 aliphatic heterocycles. The van der Waals surface area contributed by atoms with Gasteiger partial charge in [0.1, 0.15) is 6.10 Å². The molecule has 2 aromatic rings. The summed E-state index contributed by atoms with van der Waals surface area (Å²) in [6.45, 7) is 3.69. The number of aromatic nitrogens is 4. The van der Waals surface area contributed by atoms with Crippen LogP contribution in [0.1, 0.15) is 33.2 Å². The molecule has 0 aromatic carbocycles. The molecule has 3 N–H and O–H groups in total. The number of imidazole rings is 1. The number of nitrogens with two attached hydrogens (primary N) is 1. The summed E-state index contributed by atoms with van der Waals surface area (Å²) >= 11 is 0. The molecule has 12 nitrogen and oxygen atoms in total. The van der Waals surface area contributed by atoms with Gasteiger partial charge in [-0.15, -0.1) is 0 Å². The van der Waals surface area contributed by atoms with E-state index < -0.39 is 47.6 Å². The highest BCUT2D eigenvalue weighted by Crippen LogP contribution is 2.40. The maximum Gasteiger partial charge on any atom is 0.303 e. The van der Waals surface area contributed by atoms with Crippen molar-refractivity contribution in [3.05, 3.63) is 16.7 Å². The number of nitrogens with one attached hydrogen (secondary N) is 1. The topological polar surface area (TPSA) is 168 Å². The largest absolute Gasteiger partial charge is 0.465 e. The molecule has 1 aliphatic rings. The number of anilines is 1. The van der Waals surface area contributed by atoms with Gasteiger partial charge in [-0.05, 0) is 6.42 Å². The van der Waals surface area contributed by atoms with Crippen LogP contribution in [-0.4, -0.2) is 56.2 Å². The highest BCUT2D eigenvalue weighted by molar-refractivity contribution is 5.71. The number of nitrogens with zero attached hydrogens (tertiary/aromatic N) is 3. The molecule has 0 spiro atoms. The van der Waals surface area contributed by atoms with Crippen LogP contribution in [0.15, 0.2) is 11.1 Å². The number of aromatic amines is 1. The molecule has 0 bridgehead atoms. The molecule has 2 aromatic heterocycles. The number of H-pyrrole nitrogens is 1. The summed E-state index contributed by atoms with van der Waals surface area (Å²) in [6.07, 6.45) is -0.0792. The smallest absolute Gasteiger partial charge is 0.303 e. The predicted octanol–water partition coefficient (Wildman–Crippen LogP) is -0.311.